The molecule has 2 aromatic rings. The van der Waals surface area contributed by atoms with Crippen molar-refractivity contribution in [3.8, 4) is 0 Å². The van der Waals surface area contributed by atoms with Crippen molar-refractivity contribution in [2.75, 3.05) is 0 Å². The van der Waals surface area contributed by atoms with Crippen molar-refractivity contribution in [3.05, 3.63) is 55.6 Å². The maximum absolute atomic E-state index is 2.35. The molecule has 2 aromatic carbocycles. The Hall–Kier alpha value is -0.781. The van der Waals surface area contributed by atoms with Crippen LogP contribution in [0.15, 0.2) is 0 Å². The second-order valence-corrected chi connectivity index (χ2v) is 19.4. The van der Waals surface area contributed by atoms with E-state index < -0.39 is 0 Å². The summed E-state index contributed by atoms with van der Waals surface area (Å²) < 4.78 is 0. The zero-order chi connectivity index (χ0) is 44.1. The van der Waals surface area contributed by atoms with Crippen molar-refractivity contribution >= 4 is 0 Å². The van der Waals surface area contributed by atoms with Gasteiger partial charge >= 0.3 is 17.1 Å². The van der Waals surface area contributed by atoms with Gasteiger partial charge in [0.05, 0.1) is 0 Å². The molecule has 0 atom stereocenters. The summed E-state index contributed by atoms with van der Waals surface area (Å²) in [5.41, 5.74) is 18.4. The van der Waals surface area contributed by atoms with Gasteiger partial charge in [-0.15, -0.1) is 0 Å². The first-order valence-corrected chi connectivity index (χ1v) is 28.1. The van der Waals surface area contributed by atoms with E-state index in [4.69, 9.17) is 0 Å². The molecule has 2 rings (SSSR count). The minimum Gasteiger partial charge on any atom is -0.192 e. The molecule has 0 aromatic heterocycles. The van der Waals surface area contributed by atoms with Crippen molar-refractivity contribution in [1.82, 2.24) is 0 Å². The smallest absolute Gasteiger partial charge is 0.192 e. The van der Waals surface area contributed by atoms with Gasteiger partial charge in [-0.3, -0.25) is 0 Å². The fraction of sp³-hybridized carbons (Fsp3) is 0.833. The molecule has 0 N–H and O–H groups in total. The van der Waals surface area contributed by atoms with E-state index in [1.54, 1.807) is 0 Å². The van der Waals surface area contributed by atoms with Crippen LogP contribution < -0.4 is 0 Å². The third-order valence-electron chi connectivity index (χ3n) is 13.9. The van der Waals surface area contributed by atoms with Crippen LogP contribution in [0.2, 0.25) is 0 Å². The largest absolute Gasteiger partial charge is 2.00 e. The van der Waals surface area contributed by atoms with E-state index in [2.05, 4.69) is 69.2 Å². The van der Waals surface area contributed by atoms with E-state index in [1.807, 2.05) is 55.6 Å². The van der Waals surface area contributed by atoms with Crippen molar-refractivity contribution in [3.63, 3.8) is 0 Å². The molecule has 0 spiro atoms. The maximum atomic E-state index is 2.35. The van der Waals surface area contributed by atoms with Gasteiger partial charge < -0.3 is 0 Å². The third kappa shape index (κ3) is 24.4. The molecule has 0 unspecified atom stereocenters. The average Bonchev–Trinajstić information content (AvgIpc) is 3.68. The zero-order valence-electron chi connectivity index (χ0n) is 43.6. The third-order valence-corrected chi connectivity index (χ3v) is 13.9. The molecule has 0 amide bonds. The minimum absolute atomic E-state index is 0. The zero-order valence-corrected chi connectivity index (χ0v) is 44.7. The molecular weight excluding hydrogens is 777 g/mol. The molecule has 0 saturated carbocycles. The van der Waals surface area contributed by atoms with Gasteiger partial charge in [-0.2, -0.15) is 55.6 Å². The number of rotatable bonds is 40. The van der Waals surface area contributed by atoms with Crippen molar-refractivity contribution in [2.45, 2.75) is 326 Å². The monoisotopic (exact) mass is 887 g/mol. The Bertz CT molecular complexity index is 887. The Morgan fingerprint density at radius 1 is 0.213 bits per heavy atom. The summed E-state index contributed by atoms with van der Waals surface area (Å²) in [6, 6.07) is 0. The summed E-state index contributed by atoms with van der Waals surface area (Å²) in [5, 5.41) is 0. The Morgan fingerprint density at radius 2 is 0.377 bits per heavy atom. The summed E-state index contributed by atoms with van der Waals surface area (Å²) in [6.45, 7) is 23.5. The first-order valence-electron chi connectivity index (χ1n) is 28.1. The predicted molar refractivity (Wildman–Crippen MR) is 276 cm³/mol. The second-order valence-electron chi connectivity index (χ2n) is 19.4. The van der Waals surface area contributed by atoms with Gasteiger partial charge in [-0.25, -0.2) is 0 Å². The normalized spacial score (nSPS) is 11.3. The maximum Gasteiger partial charge on any atom is 2.00 e. The van der Waals surface area contributed by atoms with E-state index in [0.717, 1.165) is 0 Å². The van der Waals surface area contributed by atoms with Crippen LogP contribution in [-0.4, -0.2) is 0 Å². The quantitative estimate of drug-likeness (QED) is 0.0355. The van der Waals surface area contributed by atoms with Crippen LogP contribution in [-0.2, 0) is 81.3 Å². The molecule has 0 fully saturated rings. The molecule has 0 bridgehead atoms. The molecule has 0 heterocycles. The van der Waals surface area contributed by atoms with E-state index in [9.17, 15) is 0 Å². The number of hydrogen-bond donors (Lipinski definition) is 0. The fourth-order valence-electron chi connectivity index (χ4n) is 10.4. The predicted octanol–water partition coefficient (Wildman–Crippen LogP) is 20.1. The average molecular weight is 887 g/mol. The first kappa shape index (κ1) is 60.2. The van der Waals surface area contributed by atoms with E-state index in [0.29, 0.717) is 0 Å². The van der Waals surface area contributed by atoms with Crippen LogP contribution in [0.3, 0.4) is 0 Å². The van der Waals surface area contributed by atoms with Crippen LogP contribution in [0.4, 0.5) is 0 Å². The van der Waals surface area contributed by atoms with Crippen molar-refractivity contribution < 1.29 is 17.1 Å². The van der Waals surface area contributed by atoms with E-state index in [1.165, 1.54) is 257 Å². The molecular formula is C60H110Fe. The van der Waals surface area contributed by atoms with Crippen LogP contribution >= 0.6 is 0 Å². The van der Waals surface area contributed by atoms with Gasteiger partial charge in [0.25, 0.3) is 0 Å². The van der Waals surface area contributed by atoms with Gasteiger partial charge in [0, 0.05) is 0 Å². The molecule has 61 heavy (non-hydrogen) atoms. The number of hydrogen-bond acceptors (Lipinski definition) is 0. The standard InChI is InChI=1S/2C30H55.Fe/c2*1-6-11-16-21-26-27(22-17-12-7-2)29(24-19-14-9-4)30(25-20-15-10-5)28(26)23-18-13-8-3;/h2*6-25H2,1-5H3;/q2*-1;+2. The van der Waals surface area contributed by atoms with Gasteiger partial charge in [-0.05, 0) is 0 Å². The van der Waals surface area contributed by atoms with Gasteiger partial charge in [0.1, 0.15) is 0 Å². The summed E-state index contributed by atoms with van der Waals surface area (Å²) in [5.74, 6) is 0. The topological polar surface area (TPSA) is 0 Å². The number of unbranched alkanes of at least 4 members (excludes halogenated alkanes) is 20. The first-order chi connectivity index (χ1) is 29.5. The molecule has 0 saturated heterocycles. The van der Waals surface area contributed by atoms with Gasteiger partial charge in [-0.1, -0.05) is 326 Å². The summed E-state index contributed by atoms with van der Waals surface area (Å²) in [6.07, 6.45) is 54.8. The summed E-state index contributed by atoms with van der Waals surface area (Å²) in [7, 11) is 0. The van der Waals surface area contributed by atoms with Gasteiger partial charge in [0.15, 0.2) is 0 Å². The molecule has 0 aliphatic carbocycles. The molecule has 0 aliphatic heterocycles. The Kier molecular flexibility index (Phi) is 41.4. The molecule has 358 valence electrons. The Labute approximate surface area is 396 Å². The molecule has 1 heteroatoms. The molecule has 0 nitrogen and oxygen atoms in total. The Morgan fingerprint density at radius 3 is 0.557 bits per heavy atom. The molecule has 0 radical (unpaired) electrons. The van der Waals surface area contributed by atoms with E-state index >= 15 is 0 Å². The fourth-order valence-corrected chi connectivity index (χ4v) is 10.4. The van der Waals surface area contributed by atoms with E-state index in [-0.39, 0.29) is 17.1 Å². The SMILES string of the molecule is CCCCCc1c(CCCCC)c(CCCCC)[c-](CCCCC)c1CCCCC.CCCCCc1c(CCCCC)c(CCCCC)[c-](CCCCC)c1CCCCC.[Fe+2]. The second kappa shape index (κ2) is 41.9. The summed E-state index contributed by atoms with van der Waals surface area (Å²) in [4.78, 5) is 0. The van der Waals surface area contributed by atoms with Gasteiger partial charge in [0.2, 0.25) is 0 Å². The van der Waals surface area contributed by atoms with Crippen LogP contribution in [0.1, 0.15) is 317 Å². The van der Waals surface area contributed by atoms with Crippen LogP contribution in [0.5, 0.6) is 0 Å². The Balaban J connectivity index is 0.00000116. The van der Waals surface area contributed by atoms with Crippen LogP contribution in [0, 0.1) is 0 Å². The van der Waals surface area contributed by atoms with Crippen molar-refractivity contribution in [1.29, 1.82) is 0 Å². The van der Waals surface area contributed by atoms with Crippen LogP contribution in [0.25, 0.3) is 0 Å². The minimum atomic E-state index is 0. The molecule has 0 aliphatic rings. The summed E-state index contributed by atoms with van der Waals surface area (Å²) >= 11 is 0. The van der Waals surface area contributed by atoms with Crippen molar-refractivity contribution in [2.24, 2.45) is 0 Å².